The van der Waals surface area contributed by atoms with Gasteiger partial charge in [0.25, 0.3) is 0 Å². The SMILES string of the molecule is CN(CC(O)c1cccc(OCc2csc(-c3ccccc3)n2)c1)C(N)=O. The average Bonchev–Trinajstić information content (AvgIpc) is 3.16. The zero-order chi connectivity index (χ0) is 19.2. The highest BCUT2D eigenvalue weighted by Gasteiger charge is 2.14. The van der Waals surface area contributed by atoms with Gasteiger partial charge in [0.05, 0.1) is 18.3 Å². The Bertz CT molecular complexity index is 898. The zero-order valence-corrected chi connectivity index (χ0v) is 15.7. The van der Waals surface area contributed by atoms with E-state index in [2.05, 4.69) is 4.98 Å². The second-order valence-corrected chi connectivity index (χ2v) is 6.96. The summed E-state index contributed by atoms with van der Waals surface area (Å²) < 4.78 is 5.81. The van der Waals surface area contributed by atoms with Gasteiger partial charge in [0.15, 0.2) is 0 Å². The van der Waals surface area contributed by atoms with Crippen molar-refractivity contribution in [2.45, 2.75) is 12.7 Å². The Morgan fingerprint density at radius 3 is 2.78 bits per heavy atom. The van der Waals surface area contributed by atoms with Crippen LogP contribution in [0.2, 0.25) is 0 Å². The molecular formula is C20H21N3O3S. The third kappa shape index (κ3) is 5.06. The van der Waals surface area contributed by atoms with E-state index >= 15 is 0 Å². The third-order valence-electron chi connectivity index (χ3n) is 4.03. The van der Waals surface area contributed by atoms with Crippen LogP contribution in [0.4, 0.5) is 4.79 Å². The topological polar surface area (TPSA) is 88.7 Å². The Morgan fingerprint density at radius 1 is 1.26 bits per heavy atom. The number of primary amides is 1. The molecule has 0 aliphatic carbocycles. The summed E-state index contributed by atoms with van der Waals surface area (Å²) >= 11 is 1.57. The highest BCUT2D eigenvalue weighted by Crippen LogP contribution is 2.25. The molecule has 0 radical (unpaired) electrons. The van der Waals surface area contributed by atoms with Crippen molar-refractivity contribution in [3.05, 3.63) is 71.2 Å². The van der Waals surface area contributed by atoms with Crippen molar-refractivity contribution < 1.29 is 14.6 Å². The number of hydrogen-bond acceptors (Lipinski definition) is 5. The largest absolute Gasteiger partial charge is 0.487 e. The lowest BCUT2D eigenvalue weighted by Crippen LogP contribution is -2.35. The molecule has 0 bridgehead atoms. The third-order valence-corrected chi connectivity index (χ3v) is 4.97. The van der Waals surface area contributed by atoms with Crippen LogP contribution in [0.15, 0.2) is 60.0 Å². The normalized spacial score (nSPS) is 11.8. The van der Waals surface area contributed by atoms with E-state index in [-0.39, 0.29) is 6.54 Å². The predicted octanol–water partition coefficient (Wildman–Crippen LogP) is 3.43. The molecular weight excluding hydrogens is 362 g/mol. The molecule has 0 spiro atoms. The van der Waals surface area contributed by atoms with Crippen LogP contribution in [0.25, 0.3) is 10.6 Å². The van der Waals surface area contributed by atoms with Crippen molar-refractivity contribution in [3.63, 3.8) is 0 Å². The number of benzene rings is 2. The highest BCUT2D eigenvalue weighted by molar-refractivity contribution is 7.13. The number of aliphatic hydroxyl groups is 1. The second kappa shape index (κ2) is 8.66. The molecule has 2 aromatic carbocycles. The summed E-state index contributed by atoms with van der Waals surface area (Å²) in [6, 6.07) is 16.6. The first kappa shape index (κ1) is 18.9. The van der Waals surface area contributed by atoms with Gasteiger partial charge in [0.1, 0.15) is 17.4 Å². The molecule has 1 aromatic heterocycles. The Hall–Kier alpha value is -2.90. The molecule has 3 aromatic rings. The number of hydrogen-bond donors (Lipinski definition) is 2. The molecule has 1 atom stereocenters. The van der Waals surface area contributed by atoms with Crippen LogP contribution in [0, 0.1) is 0 Å². The number of amides is 2. The number of carbonyl (C=O) groups excluding carboxylic acids is 1. The number of aromatic nitrogens is 1. The predicted molar refractivity (Wildman–Crippen MR) is 105 cm³/mol. The van der Waals surface area contributed by atoms with E-state index in [1.165, 1.54) is 4.90 Å². The molecule has 3 N–H and O–H groups in total. The van der Waals surface area contributed by atoms with Gasteiger partial charge < -0.3 is 20.5 Å². The van der Waals surface area contributed by atoms with E-state index in [0.29, 0.717) is 17.9 Å². The Kier molecular flexibility index (Phi) is 6.05. The van der Waals surface area contributed by atoms with Gasteiger partial charge in [-0.05, 0) is 17.7 Å². The van der Waals surface area contributed by atoms with Gasteiger partial charge in [-0.15, -0.1) is 11.3 Å². The number of nitrogens with zero attached hydrogens (tertiary/aromatic N) is 2. The first-order valence-corrected chi connectivity index (χ1v) is 9.32. The zero-order valence-electron chi connectivity index (χ0n) is 14.9. The average molecular weight is 383 g/mol. The first-order chi connectivity index (χ1) is 13.0. The Balaban J connectivity index is 1.62. The van der Waals surface area contributed by atoms with Gasteiger partial charge in [0.2, 0.25) is 0 Å². The maximum Gasteiger partial charge on any atom is 0.314 e. The molecule has 0 saturated carbocycles. The molecule has 6 nitrogen and oxygen atoms in total. The maximum absolute atomic E-state index is 11.1. The monoisotopic (exact) mass is 383 g/mol. The van der Waals surface area contributed by atoms with Crippen molar-refractivity contribution in [1.82, 2.24) is 9.88 Å². The summed E-state index contributed by atoms with van der Waals surface area (Å²) in [6.07, 6.45) is -0.838. The van der Waals surface area contributed by atoms with Crippen LogP contribution in [-0.2, 0) is 6.61 Å². The molecule has 140 valence electrons. The van der Waals surface area contributed by atoms with Crippen molar-refractivity contribution in [1.29, 1.82) is 0 Å². The van der Waals surface area contributed by atoms with Crippen LogP contribution in [-0.4, -0.2) is 34.6 Å². The number of ether oxygens (including phenoxy) is 1. The number of urea groups is 1. The number of nitrogens with two attached hydrogens (primary N) is 1. The summed E-state index contributed by atoms with van der Waals surface area (Å²) in [4.78, 5) is 17.0. The number of thiazole rings is 1. The molecule has 3 rings (SSSR count). The molecule has 0 aliphatic heterocycles. The van der Waals surface area contributed by atoms with E-state index in [1.807, 2.05) is 41.8 Å². The van der Waals surface area contributed by atoms with Crippen molar-refractivity contribution in [3.8, 4) is 16.3 Å². The molecule has 0 fully saturated rings. The quantitative estimate of drug-likeness (QED) is 0.654. The van der Waals surface area contributed by atoms with Gasteiger partial charge in [-0.3, -0.25) is 0 Å². The van der Waals surface area contributed by atoms with Crippen LogP contribution in [0.1, 0.15) is 17.4 Å². The standard InChI is InChI=1S/C20H21N3O3S/c1-23(20(21)25)11-18(24)15-8-5-9-17(10-15)26-12-16-13-27-19(22-16)14-6-3-2-4-7-14/h2-10,13,18,24H,11-12H2,1H3,(H2,21,25). The van der Waals surface area contributed by atoms with E-state index in [0.717, 1.165) is 16.3 Å². The molecule has 1 unspecified atom stereocenters. The lowest BCUT2D eigenvalue weighted by Gasteiger charge is -2.19. The van der Waals surface area contributed by atoms with Crippen molar-refractivity contribution in [2.75, 3.05) is 13.6 Å². The summed E-state index contributed by atoms with van der Waals surface area (Å²) in [5, 5.41) is 13.2. The minimum absolute atomic E-state index is 0.116. The number of aliphatic hydroxyl groups excluding tert-OH is 1. The van der Waals surface area contributed by atoms with E-state index < -0.39 is 12.1 Å². The highest BCUT2D eigenvalue weighted by atomic mass is 32.1. The van der Waals surface area contributed by atoms with Crippen LogP contribution >= 0.6 is 11.3 Å². The minimum Gasteiger partial charge on any atom is -0.487 e. The fourth-order valence-corrected chi connectivity index (χ4v) is 3.32. The minimum atomic E-state index is -0.838. The van der Waals surface area contributed by atoms with E-state index in [4.69, 9.17) is 10.5 Å². The molecule has 0 aliphatic rings. The fraction of sp³-hybridized carbons (Fsp3) is 0.200. The van der Waals surface area contributed by atoms with Crippen LogP contribution in [0.3, 0.4) is 0 Å². The summed E-state index contributed by atoms with van der Waals surface area (Å²) in [7, 11) is 1.54. The number of rotatable bonds is 7. The molecule has 2 amide bonds. The number of carbonyl (C=O) groups is 1. The smallest absolute Gasteiger partial charge is 0.314 e. The first-order valence-electron chi connectivity index (χ1n) is 8.44. The van der Waals surface area contributed by atoms with Gasteiger partial charge in [-0.25, -0.2) is 9.78 Å². The van der Waals surface area contributed by atoms with Gasteiger partial charge >= 0.3 is 6.03 Å². The molecule has 0 saturated heterocycles. The summed E-state index contributed by atoms with van der Waals surface area (Å²) in [6.45, 7) is 0.454. The van der Waals surface area contributed by atoms with Crippen molar-refractivity contribution >= 4 is 17.4 Å². The summed E-state index contributed by atoms with van der Waals surface area (Å²) in [5.74, 6) is 0.627. The molecule has 27 heavy (non-hydrogen) atoms. The van der Waals surface area contributed by atoms with Crippen LogP contribution in [0.5, 0.6) is 5.75 Å². The van der Waals surface area contributed by atoms with Gasteiger partial charge in [-0.1, -0.05) is 42.5 Å². The number of likely N-dealkylation sites (N-methyl/N-ethyl adjacent to an activating group) is 1. The Morgan fingerprint density at radius 2 is 2.04 bits per heavy atom. The van der Waals surface area contributed by atoms with Crippen LogP contribution < -0.4 is 10.5 Å². The second-order valence-electron chi connectivity index (χ2n) is 6.11. The lowest BCUT2D eigenvalue weighted by molar-refractivity contribution is 0.134. The lowest BCUT2D eigenvalue weighted by atomic mass is 10.1. The fourth-order valence-electron chi connectivity index (χ4n) is 2.51. The van der Waals surface area contributed by atoms with Gasteiger partial charge in [-0.2, -0.15) is 0 Å². The molecule has 1 heterocycles. The molecule has 7 heteroatoms. The van der Waals surface area contributed by atoms with Crippen molar-refractivity contribution in [2.24, 2.45) is 5.73 Å². The Labute approximate surface area is 161 Å². The van der Waals surface area contributed by atoms with Gasteiger partial charge in [0, 0.05) is 18.0 Å². The summed E-state index contributed by atoms with van der Waals surface area (Å²) in [5.41, 5.74) is 7.78. The van der Waals surface area contributed by atoms with E-state index in [9.17, 15) is 9.90 Å². The van der Waals surface area contributed by atoms with E-state index in [1.54, 1.807) is 36.6 Å². The maximum atomic E-state index is 11.1.